The summed E-state index contributed by atoms with van der Waals surface area (Å²) in [4.78, 5) is 22.4. The summed E-state index contributed by atoms with van der Waals surface area (Å²) in [6.45, 7) is 12.2. The molecule has 0 amide bonds. The number of ether oxygens (including phenoxy) is 1. The lowest BCUT2D eigenvalue weighted by Crippen LogP contribution is -2.11. The van der Waals surface area contributed by atoms with Gasteiger partial charge in [0.05, 0.1) is 11.5 Å². The smallest absolute Gasteiger partial charge is 0.348 e. The summed E-state index contributed by atoms with van der Waals surface area (Å²) >= 11 is 1.34. The average molecular weight is 384 g/mol. The van der Waals surface area contributed by atoms with Crippen LogP contribution in [0.2, 0.25) is 0 Å². The van der Waals surface area contributed by atoms with E-state index < -0.39 is 0 Å². The zero-order chi connectivity index (χ0) is 19.8. The molecule has 0 saturated carbocycles. The van der Waals surface area contributed by atoms with Gasteiger partial charge in [-0.3, -0.25) is 0 Å². The lowest BCUT2D eigenvalue weighted by molar-refractivity contribution is 0.0383. The molecule has 0 spiro atoms. The third-order valence-corrected chi connectivity index (χ3v) is 5.45. The van der Waals surface area contributed by atoms with Gasteiger partial charge in [0.15, 0.2) is 0 Å². The predicted octanol–water partition coefficient (Wildman–Crippen LogP) is 5.61. The Morgan fingerprint density at radius 3 is 2.41 bits per heavy atom. The maximum absolute atomic E-state index is 12.4. The number of anilines is 2. The van der Waals surface area contributed by atoms with E-state index in [9.17, 15) is 4.79 Å². The Balaban J connectivity index is 1.95. The van der Waals surface area contributed by atoms with Crippen LogP contribution in [0.5, 0.6) is 0 Å². The van der Waals surface area contributed by atoms with Crippen molar-refractivity contribution >= 4 is 39.0 Å². The van der Waals surface area contributed by atoms with Crippen LogP contribution < -0.4 is 5.32 Å². The molecule has 6 heteroatoms. The van der Waals surface area contributed by atoms with E-state index in [1.165, 1.54) is 23.2 Å². The molecule has 1 aromatic carbocycles. The summed E-state index contributed by atoms with van der Waals surface area (Å²) in [5.74, 6) is 0.381. The minimum Gasteiger partial charge on any atom is -0.459 e. The normalized spacial score (nSPS) is 11.8. The molecular formula is C21H25N3O2S. The van der Waals surface area contributed by atoms with Gasteiger partial charge in [0, 0.05) is 5.69 Å². The first-order chi connectivity index (χ1) is 12.7. The van der Waals surface area contributed by atoms with Crippen molar-refractivity contribution in [3.63, 3.8) is 0 Å². The van der Waals surface area contributed by atoms with Crippen LogP contribution in [-0.4, -0.2) is 22.0 Å². The zero-order valence-electron chi connectivity index (χ0n) is 16.6. The quantitative estimate of drug-likeness (QED) is 0.594. The highest BCUT2D eigenvalue weighted by Crippen LogP contribution is 2.35. The van der Waals surface area contributed by atoms with Gasteiger partial charge >= 0.3 is 5.97 Å². The van der Waals surface area contributed by atoms with Crippen molar-refractivity contribution in [3.05, 3.63) is 46.6 Å². The van der Waals surface area contributed by atoms with E-state index in [4.69, 9.17) is 4.74 Å². The molecule has 0 bridgehead atoms. The first kappa shape index (κ1) is 19.3. The zero-order valence-corrected chi connectivity index (χ0v) is 17.4. The Morgan fingerprint density at radius 1 is 1.15 bits per heavy atom. The number of fused-ring (bicyclic) bond motifs is 1. The molecule has 0 radical (unpaired) electrons. The molecule has 0 aliphatic carbocycles. The van der Waals surface area contributed by atoms with Crippen molar-refractivity contribution in [2.45, 2.75) is 53.1 Å². The minimum atomic E-state index is -0.314. The maximum atomic E-state index is 12.4. The van der Waals surface area contributed by atoms with Crippen LogP contribution in [0.1, 0.15) is 55.4 Å². The minimum absolute atomic E-state index is 0.107. The largest absolute Gasteiger partial charge is 0.459 e. The Kier molecular flexibility index (Phi) is 5.20. The topological polar surface area (TPSA) is 64.1 Å². The van der Waals surface area contributed by atoms with Crippen LogP contribution >= 0.6 is 11.3 Å². The molecule has 2 aromatic heterocycles. The maximum Gasteiger partial charge on any atom is 0.348 e. The monoisotopic (exact) mass is 383 g/mol. The van der Waals surface area contributed by atoms with E-state index in [0.29, 0.717) is 10.7 Å². The highest BCUT2D eigenvalue weighted by Gasteiger charge is 2.21. The molecule has 0 aliphatic heterocycles. The van der Waals surface area contributed by atoms with Crippen LogP contribution in [0.3, 0.4) is 0 Å². The second kappa shape index (κ2) is 7.27. The molecule has 0 aliphatic rings. The van der Waals surface area contributed by atoms with E-state index in [-0.39, 0.29) is 17.5 Å². The fourth-order valence-corrected chi connectivity index (χ4v) is 3.85. The number of hydrogen-bond acceptors (Lipinski definition) is 6. The van der Waals surface area contributed by atoms with Gasteiger partial charge in [-0.2, -0.15) is 0 Å². The number of hydrogen-bond donors (Lipinski definition) is 1. The van der Waals surface area contributed by atoms with Gasteiger partial charge < -0.3 is 10.1 Å². The summed E-state index contributed by atoms with van der Waals surface area (Å²) in [6.07, 6.45) is 1.36. The van der Waals surface area contributed by atoms with Crippen LogP contribution in [0.25, 0.3) is 10.2 Å². The molecule has 1 N–H and O–H groups in total. The van der Waals surface area contributed by atoms with Crippen LogP contribution in [0.4, 0.5) is 11.5 Å². The van der Waals surface area contributed by atoms with Crippen molar-refractivity contribution in [1.82, 2.24) is 9.97 Å². The summed E-state index contributed by atoms with van der Waals surface area (Å²) in [6, 6.07) is 8.33. The van der Waals surface area contributed by atoms with E-state index in [1.807, 2.05) is 32.9 Å². The van der Waals surface area contributed by atoms with Gasteiger partial charge in [-0.1, -0.05) is 32.9 Å². The van der Waals surface area contributed by atoms with Gasteiger partial charge in [-0.25, -0.2) is 14.8 Å². The molecular weight excluding hydrogens is 358 g/mol. The third-order valence-electron chi connectivity index (χ3n) is 4.27. The van der Waals surface area contributed by atoms with Crippen LogP contribution in [0.15, 0.2) is 30.6 Å². The molecule has 0 saturated heterocycles. The molecule has 0 fully saturated rings. The molecule has 3 aromatic rings. The Bertz CT molecular complexity index is 969. The molecule has 3 rings (SSSR count). The van der Waals surface area contributed by atoms with E-state index >= 15 is 0 Å². The number of aromatic nitrogens is 2. The Morgan fingerprint density at radius 2 is 1.81 bits per heavy atom. The van der Waals surface area contributed by atoms with E-state index in [2.05, 4.69) is 48.2 Å². The molecule has 27 heavy (non-hydrogen) atoms. The number of aryl methyl sites for hydroxylation is 1. The number of nitrogens with zero attached hydrogens (tertiary/aromatic N) is 2. The number of carbonyl (C=O) groups excluding carboxylic acids is 1. The highest BCUT2D eigenvalue weighted by molar-refractivity contribution is 7.20. The number of esters is 1. The fourth-order valence-electron chi connectivity index (χ4n) is 2.82. The van der Waals surface area contributed by atoms with Gasteiger partial charge in [-0.15, -0.1) is 11.3 Å². The summed E-state index contributed by atoms with van der Waals surface area (Å²) in [7, 11) is 0. The van der Waals surface area contributed by atoms with Gasteiger partial charge in [0.25, 0.3) is 0 Å². The second-order valence-corrected chi connectivity index (χ2v) is 8.86. The van der Waals surface area contributed by atoms with E-state index in [0.717, 1.165) is 21.5 Å². The standard InChI is InChI=1S/C21H25N3O2S/c1-12(2)26-20(25)17-13(3)16-18(22-11-23-19(16)27-17)24-15-9-7-14(8-10-15)21(4,5)6/h7-12H,1-6H3,(H,22,23,24). The summed E-state index contributed by atoms with van der Waals surface area (Å²) in [5, 5.41) is 4.22. The summed E-state index contributed by atoms with van der Waals surface area (Å²) in [5.41, 5.74) is 3.16. The van der Waals surface area contributed by atoms with Gasteiger partial charge in [0.2, 0.25) is 0 Å². The average Bonchev–Trinajstić information content (AvgIpc) is 2.92. The van der Waals surface area contributed by atoms with Crippen molar-refractivity contribution in [3.8, 4) is 0 Å². The SMILES string of the molecule is Cc1c(C(=O)OC(C)C)sc2ncnc(Nc3ccc(C(C)(C)C)cc3)c12. The molecule has 0 atom stereocenters. The number of nitrogens with one attached hydrogen (secondary N) is 1. The first-order valence-corrected chi connectivity index (χ1v) is 9.81. The van der Waals surface area contributed by atoms with Crippen LogP contribution in [0, 0.1) is 6.92 Å². The second-order valence-electron chi connectivity index (χ2n) is 7.87. The summed E-state index contributed by atoms with van der Waals surface area (Å²) < 4.78 is 5.35. The molecule has 2 heterocycles. The predicted molar refractivity (Wildman–Crippen MR) is 111 cm³/mol. The Labute approximate surface area is 163 Å². The highest BCUT2D eigenvalue weighted by atomic mass is 32.1. The van der Waals surface area contributed by atoms with Gasteiger partial charge in [-0.05, 0) is 49.4 Å². The lowest BCUT2D eigenvalue weighted by atomic mass is 9.87. The number of carbonyl (C=O) groups is 1. The van der Waals surface area contributed by atoms with Crippen LogP contribution in [-0.2, 0) is 10.2 Å². The lowest BCUT2D eigenvalue weighted by Gasteiger charge is -2.19. The van der Waals surface area contributed by atoms with Gasteiger partial charge in [0.1, 0.15) is 21.9 Å². The van der Waals surface area contributed by atoms with Crippen molar-refractivity contribution in [2.24, 2.45) is 0 Å². The van der Waals surface area contributed by atoms with Crippen molar-refractivity contribution < 1.29 is 9.53 Å². The van der Waals surface area contributed by atoms with Crippen molar-refractivity contribution in [2.75, 3.05) is 5.32 Å². The fraction of sp³-hybridized carbons (Fsp3) is 0.381. The molecule has 5 nitrogen and oxygen atoms in total. The molecule has 142 valence electrons. The van der Waals surface area contributed by atoms with Crippen molar-refractivity contribution in [1.29, 1.82) is 0 Å². The molecule has 0 unspecified atom stereocenters. The van der Waals surface area contributed by atoms with E-state index in [1.54, 1.807) is 0 Å². The first-order valence-electron chi connectivity index (χ1n) is 8.99. The Hall–Kier alpha value is -2.47. The third kappa shape index (κ3) is 4.11. The number of benzene rings is 1. The number of thiophene rings is 1. The number of rotatable bonds is 4.